The zero-order valence-electron chi connectivity index (χ0n) is 12.7. The van der Waals surface area contributed by atoms with Gasteiger partial charge in [0.2, 0.25) is 0 Å². The third-order valence-corrected chi connectivity index (χ3v) is 3.63. The molecule has 1 unspecified atom stereocenters. The SMILES string of the molecule is CCCCCOCC(NCC)(C(=O)OCC)C1CC1. The molecule has 4 nitrogen and oxygen atoms in total. The molecule has 1 atom stereocenters. The van der Waals surface area contributed by atoms with Gasteiger partial charge in [0.1, 0.15) is 5.54 Å². The molecule has 0 saturated heterocycles. The number of esters is 1. The van der Waals surface area contributed by atoms with E-state index in [-0.39, 0.29) is 5.97 Å². The summed E-state index contributed by atoms with van der Waals surface area (Å²) in [5.74, 6) is 0.229. The van der Waals surface area contributed by atoms with Crippen molar-refractivity contribution in [1.82, 2.24) is 5.32 Å². The van der Waals surface area contributed by atoms with Gasteiger partial charge in [-0.1, -0.05) is 26.7 Å². The summed E-state index contributed by atoms with van der Waals surface area (Å²) in [5.41, 5.74) is -0.614. The zero-order chi connectivity index (χ0) is 14.1. The molecule has 1 rings (SSSR count). The summed E-state index contributed by atoms with van der Waals surface area (Å²) < 4.78 is 11.0. The molecule has 1 aliphatic carbocycles. The van der Waals surface area contributed by atoms with E-state index in [0.717, 1.165) is 32.4 Å². The van der Waals surface area contributed by atoms with Crippen molar-refractivity contribution in [2.45, 2.75) is 58.4 Å². The molecule has 0 aliphatic heterocycles. The summed E-state index contributed by atoms with van der Waals surface area (Å²) in [6, 6.07) is 0. The van der Waals surface area contributed by atoms with E-state index in [4.69, 9.17) is 9.47 Å². The Balaban J connectivity index is 2.54. The van der Waals surface area contributed by atoms with Crippen LogP contribution in [0, 0.1) is 5.92 Å². The number of hydrogen-bond donors (Lipinski definition) is 1. The van der Waals surface area contributed by atoms with Gasteiger partial charge in [0, 0.05) is 6.61 Å². The smallest absolute Gasteiger partial charge is 0.329 e. The van der Waals surface area contributed by atoms with E-state index < -0.39 is 5.54 Å². The number of carbonyl (C=O) groups is 1. The van der Waals surface area contributed by atoms with E-state index in [1.165, 1.54) is 12.8 Å². The molecule has 19 heavy (non-hydrogen) atoms. The third kappa shape index (κ3) is 4.77. The first-order valence-electron chi connectivity index (χ1n) is 7.71. The van der Waals surface area contributed by atoms with Crippen molar-refractivity contribution >= 4 is 5.97 Å². The molecule has 1 N–H and O–H groups in total. The standard InChI is InChI=1S/C15H29NO3/c1-4-7-8-11-18-12-15(16-5-2,13-9-10-13)14(17)19-6-3/h13,16H,4-12H2,1-3H3. The highest BCUT2D eigenvalue weighted by molar-refractivity contribution is 5.82. The van der Waals surface area contributed by atoms with Gasteiger partial charge in [-0.2, -0.15) is 0 Å². The lowest BCUT2D eigenvalue weighted by Gasteiger charge is -2.32. The van der Waals surface area contributed by atoms with Crippen LogP contribution in [0.5, 0.6) is 0 Å². The number of rotatable bonds is 11. The molecular formula is C15H29NO3. The topological polar surface area (TPSA) is 47.6 Å². The van der Waals surface area contributed by atoms with Gasteiger partial charge in [0.25, 0.3) is 0 Å². The second-order valence-electron chi connectivity index (χ2n) is 5.26. The number of unbranched alkanes of at least 4 members (excludes halogenated alkanes) is 2. The molecule has 0 spiro atoms. The van der Waals surface area contributed by atoms with Gasteiger partial charge in [-0.05, 0) is 38.6 Å². The summed E-state index contributed by atoms with van der Waals surface area (Å²) in [7, 11) is 0. The molecule has 0 aromatic rings. The Bertz CT molecular complexity index is 266. The third-order valence-electron chi connectivity index (χ3n) is 3.63. The minimum atomic E-state index is -0.614. The van der Waals surface area contributed by atoms with Crippen LogP contribution in [0.4, 0.5) is 0 Å². The summed E-state index contributed by atoms with van der Waals surface area (Å²) >= 11 is 0. The fraction of sp³-hybridized carbons (Fsp3) is 0.933. The molecule has 0 amide bonds. The Morgan fingerprint density at radius 3 is 2.53 bits per heavy atom. The number of carbonyl (C=O) groups excluding carboxylic acids is 1. The molecule has 0 bridgehead atoms. The molecule has 4 heteroatoms. The van der Waals surface area contributed by atoms with Gasteiger partial charge in [-0.25, -0.2) is 4.79 Å². The fourth-order valence-corrected chi connectivity index (χ4v) is 2.45. The second-order valence-corrected chi connectivity index (χ2v) is 5.26. The van der Waals surface area contributed by atoms with Gasteiger partial charge in [-0.15, -0.1) is 0 Å². The van der Waals surface area contributed by atoms with Crippen molar-refractivity contribution in [1.29, 1.82) is 0 Å². The van der Waals surface area contributed by atoms with Gasteiger partial charge < -0.3 is 9.47 Å². The largest absolute Gasteiger partial charge is 0.465 e. The van der Waals surface area contributed by atoms with Crippen molar-refractivity contribution < 1.29 is 14.3 Å². The van der Waals surface area contributed by atoms with Crippen LogP contribution in [0.25, 0.3) is 0 Å². The average Bonchev–Trinajstić information content (AvgIpc) is 3.22. The number of ether oxygens (including phenoxy) is 2. The van der Waals surface area contributed by atoms with Crippen molar-refractivity contribution in [2.75, 3.05) is 26.4 Å². The molecule has 0 aromatic heterocycles. The lowest BCUT2D eigenvalue weighted by atomic mass is 9.94. The first kappa shape index (κ1) is 16.4. The average molecular weight is 271 g/mol. The van der Waals surface area contributed by atoms with Crippen LogP contribution in [-0.2, 0) is 14.3 Å². The van der Waals surface area contributed by atoms with Crippen LogP contribution in [0.2, 0.25) is 0 Å². The zero-order valence-corrected chi connectivity index (χ0v) is 12.7. The van der Waals surface area contributed by atoms with E-state index in [9.17, 15) is 4.79 Å². The normalized spacial score (nSPS) is 18.1. The summed E-state index contributed by atoms with van der Waals surface area (Å²) in [6.07, 6.45) is 5.60. The quantitative estimate of drug-likeness (QED) is 0.463. The van der Waals surface area contributed by atoms with E-state index in [2.05, 4.69) is 12.2 Å². The summed E-state index contributed by atoms with van der Waals surface area (Å²) in [6.45, 7) is 8.39. The maximum absolute atomic E-state index is 12.3. The molecule has 1 aliphatic rings. The van der Waals surface area contributed by atoms with Gasteiger partial charge in [0.05, 0.1) is 13.2 Å². The van der Waals surface area contributed by atoms with Gasteiger partial charge in [0.15, 0.2) is 0 Å². The minimum absolute atomic E-state index is 0.144. The fourth-order valence-electron chi connectivity index (χ4n) is 2.45. The Kier molecular flexibility index (Phi) is 7.39. The number of hydrogen-bond acceptors (Lipinski definition) is 4. The minimum Gasteiger partial charge on any atom is -0.465 e. The molecule has 1 fully saturated rings. The van der Waals surface area contributed by atoms with Crippen molar-refractivity contribution in [3.63, 3.8) is 0 Å². The molecular weight excluding hydrogens is 242 g/mol. The number of nitrogens with one attached hydrogen (secondary N) is 1. The van der Waals surface area contributed by atoms with Crippen molar-refractivity contribution in [2.24, 2.45) is 5.92 Å². The van der Waals surface area contributed by atoms with Crippen LogP contribution in [0.15, 0.2) is 0 Å². The molecule has 0 radical (unpaired) electrons. The summed E-state index contributed by atoms with van der Waals surface area (Å²) in [4.78, 5) is 12.3. The van der Waals surface area contributed by atoms with Crippen LogP contribution in [0.3, 0.4) is 0 Å². The van der Waals surface area contributed by atoms with Crippen LogP contribution < -0.4 is 5.32 Å². The predicted octanol–water partition coefficient (Wildman–Crippen LogP) is 2.51. The Hall–Kier alpha value is -0.610. The highest BCUT2D eigenvalue weighted by Gasteiger charge is 2.51. The van der Waals surface area contributed by atoms with E-state index >= 15 is 0 Å². The molecule has 0 heterocycles. The highest BCUT2D eigenvalue weighted by Crippen LogP contribution is 2.40. The van der Waals surface area contributed by atoms with Gasteiger partial charge >= 0.3 is 5.97 Å². The highest BCUT2D eigenvalue weighted by atomic mass is 16.5. The monoisotopic (exact) mass is 271 g/mol. The molecule has 112 valence electrons. The lowest BCUT2D eigenvalue weighted by Crippen LogP contribution is -2.58. The lowest BCUT2D eigenvalue weighted by molar-refractivity contribution is -0.155. The van der Waals surface area contributed by atoms with E-state index in [1.54, 1.807) is 0 Å². The van der Waals surface area contributed by atoms with Crippen LogP contribution >= 0.6 is 0 Å². The van der Waals surface area contributed by atoms with E-state index in [0.29, 0.717) is 19.1 Å². The van der Waals surface area contributed by atoms with E-state index in [1.807, 2.05) is 13.8 Å². The Morgan fingerprint density at radius 2 is 2.00 bits per heavy atom. The Labute approximate surface area is 117 Å². The van der Waals surface area contributed by atoms with Crippen LogP contribution in [-0.4, -0.2) is 37.9 Å². The van der Waals surface area contributed by atoms with Gasteiger partial charge in [-0.3, -0.25) is 5.32 Å². The summed E-state index contributed by atoms with van der Waals surface area (Å²) in [5, 5.41) is 3.33. The van der Waals surface area contributed by atoms with Crippen molar-refractivity contribution in [3.8, 4) is 0 Å². The maximum atomic E-state index is 12.3. The molecule has 0 aromatic carbocycles. The first-order chi connectivity index (χ1) is 9.21. The first-order valence-corrected chi connectivity index (χ1v) is 7.71. The Morgan fingerprint density at radius 1 is 1.26 bits per heavy atom. The maximum Gasteiger partial charge on any atom is 0.329 e. The second kappa shape index (κ2) is 8.54. The van der Waals surface area contributed by atoms with Crippen molar-refractivity contribution in [3.05, 3.63) is 0 Å². The molecule has 1 saturated carbocycles. The van der Waals surface area contributed by atoms with Crippen LogP contribution in [0.1, 0.15) is 52.9 Å². The number of likely N-dealkylation sites (N-methyl/N-ethyl adjacent to an activating group) is 1. The predicted molar refractivity (Wildman–Crippen MR) is 76.1 cm³/mol.